The second kappa shape index (κ2) is 5.85. The lowest BCUT2D eigenvalue weighted by Crippen LogP contribution is -2.25. The number of hydrogen-bond donors (Lipinski definition) is 1. The third-order valence-electron chi connectivity index (χ3n) is 3.02. The first-order valence-electron chi connectivity index (χ1n) is 5.98. The maximum atomic E-state index is 9.59. The standard InChI is InChI=1S/C13H18BrNO2/c1-10(16)12-4-3-11(9-13(12)14)15-5-2-7-17-8-6-15/h3-4,9-10,16H,2,5-8H2,1H3/t10-/m1/s1. The van der Waals surface area contributed by atoms with Crippen molar-refractivity contribution in [3.8, 4) is 0 Å². The minimum atomic E-state index is -0.439. The summed E-state index contributed by atoms with van der Waals surface area (Å²) >= 11 is 3.52. The molecule has 1 fully saturated rings. The molecule has 1 aromatic rings. The van der Waals surface area contributed by atoms with Crippen molar-refractivity contribution in [3.63, 3.8) is 0 Å². The number of ether oxygens (including phenoxy) is 1. The van der Waals surface area contributed by atoms with Gasteiger partial charge in [0.1, 0.15) is 0 Å². The quantitative estimate of drug-likeness (QED) is 0.911. The monoisotopic (exact) mass is 299 g/mol. The Morgan fingerprint density at radius 1 is 1.35 bits per heavy atom. The van der Waals surface area contributed by atoms with Crippen molar-refractivity contribution in [2.45, 2.75) is 19.4 Å². The van der Waals surface area contributed by atoms with Crippen molar-refractivity contribution in [1.29, 1.82) is 0 Å². The maximum Gasteiger partial charge on any atom is 0.0772 e. The van der Waals surface area contributed by atoms with Crippen LogP contribution in [0.4, 0.5) is 5.69 Å². The van der Waals surface area contributed by atoms with Gasteiger partial charge in [-0.05, 0) is 31.0 Å². The molecular weight excluding hydrogens is 282 g/mol. The lowest BCUT2D eigenvalue weighted by atomic mass is 10.1. The summed E-state index contributed by atoms with van der Waals surface area (Å²) in [6.07, 6.45) is 0.626. The second-order valence-corrected chi connectivity index (χ2v) is 5.19. The Kier molecular flexibility index (Phi) is 4.42. The van der Waals surface area contributed by atoms with Crippen LogP contribution in [0.3, 0.4) is 0 Å². The first kappa shape index (κ1) is 12.9. The number of halogens is 1. The number of hydrogen-bond acceptors (Lipinski definition) is 3. The molecule has 0 aliphatic carbocycles. The molecule has 1 aliphatic rings. The number of nitrogens with zero attached hydrogens (tertiary/aromatic N) is 1. The van der Waals surface area contributed by atoms with Crippen LogP contribution in [-0.4, -0.2) is 31.4 Å². The highest BCUT2D eigenvalue weighted by Crippen LogP contribution is 2.28. The molecule has 0 saturated carbocycles. The van der Waals surface area contributed by atoms with Gasteiger partial charge in [-0.25, -0.2) is 0 Å². The Morgan fingerprint density at radius 2 is 2.18 bits per heavy atom. The molecule has 1 heterocycles. The smallest absolute Gasteiger partial charge is 0.0772 e. The van der Waals surface area contributed by atoms with Gasteiger partial charge in [0, 0.05) is 29.9 Å². The summed E-state index contributed by atoms with van der Waals surface area (Å²) in [5, 5.41) is 9.59. The molecule has 0 spiro atoms. The predicted molar refractivity (Wildman–Crippen MR) is 72.4 cm³/mol. The van der Waals surface area contributed by atoms with Crippen LogP contribution in [0.5, 0.6) is 0 Å². The van der Waals surface area contributed by atoms with E-state index in [2.05, 4.69) is 33.0 Å². The zero-order valence-corrected chi connectivity index (χ0v) is 11.6. The molecule has 3 nitrogen and oxygen atoms in total. The molecule has 0 aromatic heterocycles. The van der Waals surface area contributed by atoms with E-state index in [1.807, 2.05) is 6.07 Å². The van der Waals surface area contributed by atoms with Crippen LogP contribution in [0.2, 0.25) is 0 Å². The van der Waals surface area contributed by atoms with Crippen LogP contribution in [0.1, 0.15) is 25.0 Å². The van der Waals surface area contributed by atoms with Crippen molar-refractivity contribution >= 4 is 21.6 Å². The molecule has 17 heavy (non-hydrogen) atoms. The highest BCUT2D eigenvalue weighted by atomic mass is 79.9. The van der Waals surface area contributed by atoms with E-state index < -0.39 is 6.10 Å². The normalized spacial score (nSPS) is 18.9. The maximum absolute atomic E-state index is 9.59. The van der Waals surface area contributed by atoms with E-state index in [0.717, 1.165) is 42.8 Å². The van der Waals surface area contributed by atoms with Crippen LogP contribution in [0, 0.1) is 0 Å². The molecule has 1 N–H and O–H groups in total. The fourth-order valence-electron chi connectivity index (χ4n) is 2.06. The number of aliphatic hydroxyl groups is 1. The summed E-state index contributed by atoms with van der Waals surface area (Å²) in [7, 11) is 0. The van der Waals surface area contributed by atoms with Gasteiger partial charge in [0.05, 0.1) is 12.7 Å². The van der Waals surface area contributed by atoms with Crippen LogP contribution >= 0.6 is 15.9 Å². The highest BCUT2D eigenvalue weighted by molar-refractivity contribution is 9.10. The van der Waals surface area contributed by atoms with Gasteiger partial charge in [0.15, 0.2) is 0 Å². The molecule has 1 aromatic carbocycles. The molecule has 0 unspecified atom stereocenters. The molecule has 0 amide bonds. The van der Waals surface area contributed by atoms with E-state index in [9.17, 15) is 5.11 Å². The number of anilines is 1. The van der Waals surface area contributed by atoms with Gasteiger partial charge in [0.25, 0.3) is 0 Å². The van der Waals surface area contributed by atoms with E-state index in [-0.39, 0.29) is 0 Å². The third-order valence-corrected chi connectivity index (χ3v) is 3.71. The lowest BCUT2D eigenvalue weighted by Gasteiger charge is -2.23. The number of aliphatic hydroxyl groups excluding tert-OH is 1. The van der Waals surface area contributed by atoms with Gasteiger partial charge in [0.2, 0.25) is 0 Å². The first-order chi connectivity index (χ1) is 8.18. The van der Waals surface area contributed by atoms with E-state index in [1.54, 1.807) is 6.92 Å². The number of rotatable bonds is 2. The summed E-state index contributed by atoms with van der Waals surface area (Å²) in [6, 6.07) is 6.13. The van der Waals surface area contributed by atoms with Gasteiger partial charge < -0.3 is 14.7 Å². The van der Waals surface area contributed by atoms with Crippen LogP contribution in [-0.2, 0) is 4.74 Å². The Labute approximate surface area is 111 Å². The number of benzene rings is 1. The van der Waals surface area contributed by atoms with Crippen molar-refractivity contribution < 1.29 is 9.84 Å². The molecule has 0 radical (unpaired) electrons. The zero-order valence-electron chi connectivity index (χ0n) is 10.0. The zero-order chi connectivity index (χ0) is 12.3. The predicted octanol–water partition coefficient (Wildman–Crippen LogP) is 2.73. The Bertz CT molecular complexity index is 374. The topological polar surface area (TPSA) is 32.7 Å². The summed E-state index contributed by atoms with van der Waals surface area (Å²) < 4.78 is 6.41. The van der Waals surface area contributed by atoms with E-state index in [0.29, 0.717) is 0 Å². The van der Waals surface area contributed by atoms with Crippen molar-refractivity contribution in [3.05, 3.63) is 28.2 Å². The molecule has 4 heteroatoms. The minimum absolute atomic E-state index is 0.439. The Hall–Kier alpha value is -0.580. The average Bonchev–Trinajstić information content (AvgIpc) is 2.56. The first-order valence-corrected chi connectivity index (χ1v) is 6.78. The molecule has 1 saturated heterocycles. The van der Waals surface area contributed by atoms with E-state index in [4.69, 9.17) is 4.74 Å². The lowest BCUT2D eigenvalue weighted by molar-refractivity contribution is 0.152. The highest BCUT2D eigenvalue weighted by Gasteiger charge is 2.12. The second-order valence-electron chi connectivity index (χ2n) is 4.33. The summed E-state index contributed by atoms with van der Waals surface area (Å²) in [6.45, 7) is 5.37. The van der Waals surface area contributed by atoms with Crippen LogP contribution in [0.25, 0.3) is 0 Å². The van der Waals surface area contributed by atoms with Crippen molar-refractivity contribution in [1.82, 2.24) is 0 Å². The summed E-state index contributed by atoms with van der Waals surface area (Å²) in [5.74, 6) is 0. The summed E-state index contributed by atoms with van der Waals surface area (Å²) in [5.41, 5.74) is 2.12. The third kappa shape index (κ3) is 3.21. The molecule has 1 aliphatic heterocycles. The molecule has 94 valence electrons. The van der Waals surface area contributed by atoms with E-state index >= 15 is 0 Å². The minimum Gasteiger partial charge on any atom is -0.389 e. The molecule has 2 rings (SSSR count). The van der Waals surface area contributed by atoms with Crippen molar-refractivity contribution in [2.24, 2.45) is 0 Å². The SMILES string of the molecule is C[C@@H](O)c1ccc(N2CCCOCC2)cc1Br. The van der Waals surface area contributed by atoms with E-state index in [1.165, 1.54) is 5.69 Å². The molecule has 1 atom stereocenters. The summed E-state index contributed by atoms with van der Waals surface area (Å²) in [4.78, 5) is 2.32. The molecule has 0 bridgehead atoms. The largest absolute Gasteiger partial charge is 0.389 e. The van der Waals surface area contributed by atoms with Gasteiger partial charge in [-0.2, -0.15) is 0 Å². The Balaban J connectivity index is 2.18. The fourth-order valence-corrected chi connectivity index (χ4v) is 2.75. The van der Waals surface area contributed by atoms with Gasteiger partial charge in [-0.3, -0.25) is 0 Å². The Morgan fingerprint density at radius 3 is 2.88 bits per heavy atom. The van der Waals surface area contributed by atoms with Crippen molar-refractivity contribution in [2.75, 3.05) is 31.2 Å². The van der Waals surface area contributed by atoms with Gasteiger partial charge >= 0.3 is 0 Å². The van der Waals surface area contributed by atoms with Crippen LogP contribution < -0.4 is 4.90 Å². The van der Waals surface area contributed by atoms with Gasteiger partial charge in [-0.1, -0.05) is 22.0 Å². The molecular formula is C13H18BrNO2. The van der Waals surface area contributed by atoms with Gasteiger partial charge in [-0.15, -0.1) is 0 Å². The van der Waals surface area contributed by atoms with Crippen LogP contribution in [0.15, 0.2) is 22.7 Å². The fraction of sp³-hybridized carbons (Fsp3) is 0.538. The average molecular weight is 300 g/mol.